The average molecular weight is 341 g/mol. The Hall–Kier alpha value is -2.80. The van der Waals surface area contributed by atoms with Crippen LogP contribution in [-0.4, -0.2) is 55.6 Å². The first-order valence-corrected chi connectivity index (χ1v) is 8.05. The van der Waals surface area contributed by atoms with Gasteiger partial charge in [0, 0.05) is 37.7 Å². The molecule has 130 valence electrons. The predicted molar refractivity (Wildman–Crippen MR) is 89.9 cm³/mol. The number of likely N-dealkylation sites (tertiary alicyclic amines) is 1. The molecule has 0 radical (unpaired) electrons. The zero-order valence-electron chi connectivity index (χ0n) is 13.8. The summed E-state index contributed by atoms with van der Waals surface area (Å²) in [6.45, 7) is 2.10. The van der Waals surface area contributed by atoms with Crippen LogP contribution in [0.15, 0.2) is 36.5 Å². The number of carboxylic acid groups (broad SMARTS) is 1. The molecule has 0 saturated carbocycles. The maximum Gasteiger partial charge on any atom is 0.335 e. The fourth-order valence-electron chi connectivity index (χ4n) is 2.91. The van der Waals surface area contributed by atoms with Crippen molar-refractivity contribution in [2.45, 2.75) is 25.4 Å². The van der Waals surface area contributed by atoms with Crippen LogP contribution in [0.2, 0.25) is 0 Å². The summed E-state index contributed by atoms with van der Waals surface area (Å²) in [4.78, 5) is 34.1. The Morgan fingerprint density at radius 2 is 1.80 bits per heavy atom. The summed E-state index contributed by atoms with van der Waals surface area (Å²) >= 11 is 0. The summed E-state index contributed by atoms with van der Waals surface area (Å²) < 4.78 is 0. The number of hydrogen-bond donors (Lipinski definition) is 2. The van der Waals surface area contributed by atoms with Gasteiger partial charge in [-0.05, 0) is 6.92 Å². The van der Waals surface area contributed by atoms with Crippen LogP contribution in [-0.2, 0) is 4.79 Å². The lowest BCUT2D eigenvalue weighted by Crippen LogP contribution is -2.50. The summed E-state index contributed by atoms with van der Waals surface area (Å²) in [6, 6.07) is 9.37. The van der Waals surface area contributed by atoms with Crippen LogP contribution >= 0.6 is 0 Å². The molecule has 0 atom stereocenters. The maximum absolute atomic E-state index is 12.9. The molecule has 1 aliphatic rings. The van der Waals surface area contributed by atoms with E-state index in [1.165, 1.54) is 11.1 Å². The van der Waals surface area contributed by atoms with Crippen LogP contribution in [0.4, 0.5) is 0 Å². The van der Waals surface area contributed by atoms with Crippen LogP contribution in [0.3, 0.4) is 0 Å². The fourth-order valence-corrected chi connectivity index (χ4v) is 2.91. The van der Waals surface area contributed by atoms with Crippen molar-refractivity contribution in [3.63, 3.8) is 0 Å². The quantitative estimate of drug-likeness (QED) is 0.877. The second-order valence-corrected chi connectivity index (χ2v) is 6.17. The third kappa shape index (κ3) is 3.36. The molecule has 1 aromatic carbocycles. The molecule has 1 amide bonds. The van der Waals surface area contributed by atoms with E-state index in [2.05, 4.69) is 9.97 Å². The topological polar surface area (TPSA) is 104 Å². The van der Waals surface area contributed by atoms with Crippen molar-refractivity contribution in [1.29, 1.82) is 0 Å². The van der Waals surface area contributed by atoms with Crippen molar-refractivity contribution in [2.24, 2.45) is 0 Å². The molecule has 1 aliphatic heterocycles. The highest BCUT2D eigenvalue weighted by Crippen LogP contribution is 2.26. The van der Waals surface area contributed by atoms with Crippen molar-refractivity contribution >= 4 is 11.9 Å². The maximum atomic E-state index is 12.9. The van der Waals surface area contributed by atoms with E-state index < -0.39 is 11.6 Å². The third-order valence-electron chi connectivity index (χ3n) is 4.46. The smallest absolute Gasteiger partial charge is 0.335 e. The number of benzene rings is 1. The first-order valence-electron chi connectivity index (χ1n) is 8.05. The minimum Gasteiger partial charge on any atom is -0.479 e. The van der Waals surface area contributed by atoms with Gasteiger partial charge < -0.3 is 15.1 Å². The molecule has 1 saturated heterocycles. The van der Waals surface area contributed by atoms with Gasteiger partial charge in [-0.1, -0.05) is 30.3 Å². The van der Waals surface area contributed by atoms with Crippen molar-refractivity contribution in [2.75, 3.05) is 13.1 Å². The number of aromatic nitrogens is 2. The second kappa shape index (κ2) is 6.60. The van der Waals surface area contributed by atoms with Gasteiger partial charge in [0.1, 0.15) is 5.82 Å². The van der Waals surface area contributed by atoms with Gasteiger partial charge in [0.25, 0.3) is 5.91 Å². The van der Waals surface area contributed by atoms with Crippen LogP contribution < -0.4 is 0 Å². The zero-order valence-corrected chi connectivity index (χ0v) is 13.8. The van der Waals surface area contributed by atoms with Crippen LogP contribution in [0.1, 0.15) is 29.0 Å². The molecular weight excluding hydrogens is 322 g/mol. The van der Waals surface area contributed by atoms with E-state index in [1.807, 2.05) is 30.3 Å². The van der Waals surface area contributed by atoms with Crippen LogP contribution in [0, 0.1) is 6.92 Å². The number of rotatable bonds is 3. The summed E-state index contributed by atoms with van der Waals surface area (Å²) in [5.74, 6) is -0.941. The average Bonchev–Trinajstić information content (AvgIpc) is 2.62. The van der Waals surface area contributed by atoms with Gasteiger partial charge in [0.05, 0.1) is 11.3 Å². The largest absolute Gasteiger partial charge is 0.479 e. The number of aryl methyl sites for hydroxylation is 1. The monoisotopic (exact) mass is 341 g/mol. The summed E-state index contributed by atoms with van der Waals surface area (Å²) in [6.07, 6.45) is 1.51. The number of aliphatic carboxylic acids is 1. The van der Waals surface area contributed by atoms with E-state index in [0.717, 1.165) is 5.56 Å². The SMILES string of the molecule is Cc1ncc(C(=O)N2CCC(O)(C(=O)O)CC2)c(-c2ccccc2)n1. The molecule has 1 aromatic heterocycles. The van der Waals surface area contributed by atoms with Gasteiger partial charge >= 0.3 is 5.97 Å². The first kappa shape index (κ1) is 17.0. The van der Waals surface area contributed by atoms with E-state index in [-0.39, 0.29) is 31.8 Å². The minimum absolute atomic E-state index is 0.00145. The zero-order chi connectivity index (χ0) is 18.0. The van der Waals surface area contributed by atoms with Gasteiger partial charge in [-0.15, -0.1) is 0 Å². The molecular formula is C18H19N3O4. The van der Waals surface area contributed by atoms with E-state index >= 15 is 0 Å². The van der Waals surface area contributed by atoms with Gasteiger partial charge in [-0.2, -0.15) is 0 Å². The number of carbonyl (C=O) groups is 2. The third-order valence-corrected chi connectivity index (χ3v) is 4.46. The Morgan fingerprint density at radius 3 is 2.40 bits per heavy atom. The molecule has 2 heterocycles. The van der Waals surface area contributed by atoms with Gasteiger partial charge in [-0.3, -0.25) is 4.79 Å². The number of piperidine rings is 1. The summed E-state index contributed by atoms with van der Waals surface area (Å²) in [5, 5.41) is 19.1. The highest BCUT2D eigenvalue weighted by molar-refractivity contribution is 5.99. The molecule has 2 N–H and O–H groups in total. The first-order chi connectivity index (χ1) is 11.9. The molecule has 0 unspecified atom stereocenters. The number of aliphatic hydroxyl groups is 1. The molecule has 7 nitrogen and oxygen atoms in total. The Balaban J connectivity index is 1.88. The minimum atomic E-state index is -1.76. The van der Waals surface area contributed by atoms with Crippen molar-refractivity contribution < 1.29 is 19.8 Å². The summed E-state index contributed by atoms with van der Waals surface area (Å²) in [5.41, 5.74) is -0.0202. The highest BCUT2D eigenvalue weighted by atomic mass is 16.4. The number of carbonyl (C=O) groups excluding carboxylic acids is 1. The molecule has 0 bridgehead atoms. The standard InChI is InChI=1S/C18H19N3O4/c1-12-19-11-14(15(20-12)13-5-3-2-4-6-13)16(22)21-9-7-18(25,8-10-21)17(23)24/h2-6,11,25H,7-10H2,1H3,(H,23,24). The predicted octanol–water partition coefficient (Wildman–Crippen LogP) is 1.50. The molecule has 0 aliphatic carbocycles. The van der Waals surface area contributed by atoms with E-state index in [0.29, 0.717) is 17.1 Å². The lowest BCUT2D eigenvalue weighted by atomic mass is 9.91. The van der Waals surface area contributed by atoms with Gasteiger partial charge in [0.2, 0.25) is 0 Å². The molecule has 25 heavy (non-hydrogen) atoms. The molecule has 2 aromatic rings. The van der Waals surface area contributed by atoms with E-state index in [9.17, 15) is 14.7 Å². The van der Waals surface area contributed by atoms with Gasteiger partial charge in [-0.25, -0.2) is 14.8 Å². The van der Waals surface area contributed by atoms with E-state index in [4.69, 9.17) is 5.11 Å². The van der Waals surface area contributed by atoms with Crippen molar-refractivity contribution in [1.82, 2.24) is 14.9 Å². The number of carboxylic acids is 1. The Morgan fingerprint density at radius 1 is 1.16 bits per heavy atom. The lowest BCUT2D eigenvalue weighted by Gasteiger charge is -2.35. The Bertz CT molecular complexity index is 799. The highest BCUT2D eigenvalue weighted by Gasteiger charge is 2.40. The fraction of sp³-hybridized carbons (Fsp3) is 0.333. The second-order valence-electron chi connectivity index (χ2n) is 6.17. The molecule has 7 heteroatoms. The Labute approximate surface area is 145 Å². The summed E-state index contributed by atoms with van der Waals surface area (Å²) in [7, 11) is 0. The number of hydrogen-bond acceptors (Lipinski definition) is 5. The van der Waals surface area contributed by atoms with Crippen LogP contribution in [0.25, 0.3) is 11.3 Å². The lowest BCUT2D eigenvalue weighted by molar-refractivity contribution is -0.162. The van der Waals surface area contributed by atoms with Crippen LogP contribution in [0.5, 0.6) is 0 Å². The molecule has 1 fully saturated rings. The van der Waals surface area contributed by atoms with Gasteiger partial charge in [0.15, 0.2) is 5.60 Å². The van der Waals surface area contributed by atoms with Crippen molar-refractivity contribution in [3.05, 3.63) is 47.9 Å². The normalized spacial score (nSPS) is 16.5. The molecule has 3 rings (SSSR count). The molecule has 0 spiro atoms. The number of amides is 1. The Kier molecular flexibility index (Phi) is 4.50. The van der Waals surface area contributed by atoms with E-state index in [1.54, 1.807) is 6.92 Å². The number of nitrogens with zero attached hydrogens (tertiary/aromatic N) is 3. The van der Waals surface area contributed by atoms with Crippen molar-refractivity contribution in [3.8, 4) is 11.3 Å².